The number of aryl methyl sites for hydroxylation is 1. The Bertz CT molecular complexity index is 450. The maximum Gasteiger partial charge on any atom is 0.0648 e. The van der Waals surface area contributed by atoms with E-state index < -0.39 is 0 Å². The van der Waals surface area contributed by atoms with Gasteiger partial charge in [0.25, 0.3) is 0 Å². The van der Waals surface area contributed by atoms with Crippen LogP contribution in [-0.2, 0) is 6.42 Å². The summed E-state index contributed by atoms with van der Waals surface area (Å²) >= 11 is 6.15. The predicted molar refractivity (Wildman–Crippen MR) is 71.8 cm³/mol. The van der Waals surface area contributed by atoms with Gasteiger partial charge in [-0.25, -0.2) is 4.68 Å². The fraction of sp³-hybridized carbons (Fsp3) is 0.357. The Hall–Kier alpha value is -1.28. The van der Waals surface area contributed by atoms with Crippen LogP contribution in [0.3, 0.4) is 0 Å². The molecule has 2 rings (SSSR count). The van der Waals surface area contributed by atoms with Gasteiger partial charge >= 0.3 is 0 Å². The highest BCUT2D eigenvalue weighted by molar-refractivity contribution is 6.20. The molecule has 0 fully saturated rings. The molecule has 0 aliphatic carbocycles. The van der Waals surface area contributed by atoms with Crippen molar-refractivity contribution in [2.24, 2.45) is 0 Å². The second-order valence-electron chi connectivity index (χ2n) is 4.11. The summed E-state index contributed by atoms with van der Waals surface area (Å²) < 4.78 is 1.99. The van der Waals surface area contributed by atoms with Crippen molar-refractivity contribution in [2.75, 3.05) is 0 Å². The normalized spacial score (nSPS) is 12.6. The van der Waals surface area contributed by atoms with E-state index in [4.69, 9.17) is 11.6 Å². The van der Waals surface area contributed by atoms with Gasteiger partial charge in [-0.2, -0.15) is 5.10 Å². The van der Waals surface area contributed by atoms with Gasteiger partial charge in [-0.3, -0.25) is 0 Å². The van der Waals surface area contributed by atoms with Crippen LogP contribution in [0.2, 0.25) is 0 Å². The highest BCUT2D eigenvalue weighted by Crippen LogP contribution is 2.15. The van der Waals surface area contributed by atoms with Gasteiger partial charge in [0.15, 0.2) is 0 Å². The van der Waals surface area contributed by atoms with Gasteiger partial charge in [0, 0.05) is 17.3 Å². The summed E-state index contributed by atoms with van der Waals surface area (Å²) in [6.07, 6.45) is 4.83. The lowest BCUT2D eigenvalue weighted by atomic mass is 10.1. The van der Waals surface area contributed by atoms with Gasteiger partial charge < -0.3 is 0 Å². The summed E-state index contributed by atoms with van der Waals surface area (Å²) in [6.45, 7) is 2.12. The summed E-state index contributed by atoms with van der Waals surface area (Å²) in [4.78, 5) is 0. The standard InChI is InChI=1S/C14H17ClN2/c1-2-12(15)8-9-14-10-11-16-17(14)13-6-4-3-5-7-13/h3-7,10-12H,2,8-9H2,1H3. The van der Waals surface area contributed by atoms with Gasteiger partial charge in [-0.15, -0.1) is 11.6 Å². The van der Waals surface area contributed by atoms with Crippen molar-refractivity contribution in [2.45, 2.75) is 31.6 Å². The van der Waals surface area contributed by atoms with E-state index in [2.05, 4.69) is 30.2 Å². The Kier molecular flexibility index (Phi) is 4.21. The average Bonchev–Trinajstić information content (AvgIpc) is 2.85. The van der Waals surface area contributed by atoms with Crippen molar-refractivity contribution in [3.8, 4) is 5.69 Å². The molecule has 17 heavy (non-hydrogen) atoms. The minimum absolute atomic E-state index is 0.258. The largest absolute Gasteiger partial charge is 0.238 e. The van der Waals surface area contributed by atoms with Crippen molar-refractivity contribution in [3.63, 3.8) is 0 Å². The number of benzene rings is 1. The third-order valence-electron chi connectivity index (χ3n) is 2.88. The van der Waals surface area contributed by atoms with E-state index in [0.717, 1.165) is 24.9 Å². The lowest BCUT2D eigenvalue weighted by molar-refractivity contribution is 0.691. The maximum absolute atomic E-state index is 6.15. The Morgan fingerprint density at radius 2 is 2.00 bits per heavy atom. The number of hydrogen-bond donors (Lipinski definition) is 0. The zero-order chi connectivity index (χ0) is 12.1. The molecule has 0 aliphatic rings. The number of nitrogens with zero attached hydrogens (tertiary/aromatic N) is 2. The monoisotopic (exact) mass is 248 g/mol. The topological polar surface area (TPSA) is 17.8 Å². The van der Waals surface area contributed by atoms with E-state index in [1.54, 1.807) is 0 Å². The second kappa shape index (κ2) is 5.87. The summed E-state index contributed by atoms with van der Waals surface area (Å²) in [5.74, 6) is 0. The van der Waals surface area contributed by atoms with E-state index in [-0.39, 0.29) is 5.38 Å². The van der Waals surface area contributed by atoms with Crippen LogP contribution in [0.25, 0.3) is 5.69 Å². The molecule has 0 saturated heterocycles. The zero-order valence-electron chi connectivity index (χ0n) is 10.0. The molecular formula is C14H17ClN2. The molecule has 2 nitrogen and oxygen atoms in total. The van der Waals surface area contributed by atoms with E-state index in [9.17, 15) is 0 Å². The van der Waals surface area contributed by atoms with Crippen molar-refractivity contribution in [1.29, 1.82) is 0 Å². The molecule has 90 valence electrons. The van der Waals surface area contributed by atoms with Crippen LogP contribution >= 0.6 is 11.6 Å². The molecule has 0 saturated carbocycles. The Balaban J connectivity index is 2.12. The molecule has 1 aromatic carbocycles. The van der Waals surface area contributed by atoms with Crippen LogP contribution in [0.5, 0.6) is 0 Å². The Morgan fingerprint density at radius 3 is 2.71 bits per heavy atom. The highest BCUT2D eigenvalue weighted by atomic mass is 35.5. The van der Waals surface area contributed by atoms with Crippen LogP contribution in [0, 0.1) is 0 Å². The minimum Gasteiger partial charge on any atom is -0.238 e. The van der Waals surface area contributed by atoms with Crippen LogP contribution in [-0.4, -0.2) is 15.2 Å². The first-order valence-corrected chi connectivity index (χ1v) is 6.47. The smallest absolute Gasteiger partial charge is 0.0648 e. The first-order chi connectivity index (χ1) is 8.31. The van der Waals surface area contributed by atoms with E-state index >= 15 is 0 Å². The molecule has 0 spiro atoms. The molecule has 2 aromatic rings. The second-order valence-corrected chi connectivity index (χ2v) is 4.73. The maximum atomic E-state index is 6.15. The number of alkyl halides is 1. The highest BCUT2D eigenvalue weighted by Gasteiger charge is 2.07. The summed E-state index contributed by atoms with van der Waals surface area (Å²) in [7, 11) is 0. The first-order valence-electron chi connectivity index (χ1n) is 6.03. The zero-order valence-corrected chi connectivity index (χ0v) is 10.8. The predicted octanol–water partition coefficient (Wildman–Crippen LogP) is 3.82. The van der Waals surface area contributed by atoms with E-state index in [1.165, 1.54) is 5.69 Å². The van der Waals surface area contributed by atoms with Gasteiger partial charge in [0.2, 0.25) is 0 Å². The molecule has 1 aromatic heterocycles. The molecule has 1 unspecified atom stereocenters. The third kappa shape index (κ3) is 3.10. The molecule has 0 radical (unpaired) electrons. The number of aromatic nitrogens is 2. The minimum atomic E-state index is 0.258. The summed E-state index contributed by atoms with van der Waals surface area (Å²) in [5.41, 5.74) is 2.32. The SMILES string of the molecule is CCC(Cl)CCc1ccnn1-c1ccccc1. The summed E-state index contributed by atoms with van der Waals surface area (Å²) in [5, 5.41) is 4.62. The number of rotatable bonds is 5. The van der Waals surface area contributed by atoms with Crippen LogP contribution in [0.4, 0.5) is 0 Å². The van der Waals surface area contributed by atoms with E-state index in [0.29, 0.717) is 0 Å². The summed E-state index contributed by atoms with van der Waals surface area (Å²) in [6, 6.07) is 12.3. The number of hydrogen-bond acceptors (Lipinski definition) is 1. The molecule has 1 heterocycles. The molecule has 0 N–H and O–H groups in total. The third-order valence-corrected chi connectivity index (χ3v) is 3.41. The Morgan fingerprint density at radius 1 is 1.24 bits per heavy atom. The first kappa shape index (κ1) is 12.2. The quantitative estimate of drug-likeness (QED) is 0.736. The van der Waals surface area contributed by atoms with Crippen LogP contribution in [0.15, 0.2) is 42.6 Å². The number of para-hydroxylation sites is 1. The lowest BCUT2D eigenvalue weighted by Gasteiger charge is -2.09. The fourth-order valence-corrected chi connectivity index (χ4v) is 1.94. The molecular weight excluding hydrogens is 232 g/mol. The fourth-order valence-electron chi connectivity index (χ4n) is 1.83. The Labute approximate surface area is 107 Å². The lowest BCUT2D eigenvalue weighted by Crippen LogP contribution is -2.05. The van der Waals surface area contributed by atoms with Gasteiger partial charge in [0.1, 0.15) is 0 Å². The van der Waals surface area contributed by atoms with E-state index in [1.807, 2.05) is 29.1 Å². The van der Waals surface area contributed by atoms with Crippen molar-refractivity contribution in [1.82, 2.24) is 9.78 Å². The molecule has 1 atom stereocenters. The van der Waals surface area contributed by atoms with Gasteiger partial charge in [0.05, 0.1) is 5.69 Å². The van der Waals surface area contributed by atoms with Gasteiger partial charge in [-0.05, 0) is 37.5 Å². The van der Waals surface area contributed by atoms with Crippen LogP contribution < -0.4 is 0 Å². The van der Waals surface area contributed by atoms with Crippen LogP contribution in [0.1, 0.15) is 25.5 Å². The molecule has 0 amide bonds. The average molecular weight is 249 g/mol. The molecule has 0 bridgehead atoms. The number of halogens is 1. The van der Waals surface area contributed by atoms with Crippen molar-refractivity contribution < 1.29 is 0 Å². The molecule has 0 aliphatic heterocycles. The van der Waals surface area contributed by atoms with Crippen molar-refractivity contribution >= 4 is 11.6 Å². The molecule has 3 heteroatoms. The van der Waals surface area contributed by atoms with Gasteiger partial charge in [-0.1, -0.05) is 25.1 Å². The van der Waals surface area contributed by atoms with Crippen molar-refractivity contribution in [3.05, 3.63) is 48.3 Å².